The number of rotatable bonds is 6. The van der Waals surface area contributed by atoms with Gasteiger partial charge in [-0.25, -0.2) is 0 Å². The smallest absolute Gasteiger partial charge is 0.253 e. The number of hydrogen-bond donors (Lipinski definition) is 1. The van der Waals surface area contributed by atoms with E-state index in [1.165, 1.54) is 19.3 Å². The van der Waals surface area contributed by atoms with Crippen molar-refractivity contribution >= 4 is 16.8 Å². The Morgan fingerprint density at radius 1 is 1.06 bits per heavy atom. The van der Waals surface area contributed by atoms with E-state index < -0.39 is 0 Å². The van der Waals surface area contributed by atoms with Crippen molar-refractivity contribution in [1.29, 1.82) is 0 Å². The quantitative estimate of drug-likeness (QED) is 0.359. The molecule has 1 amide bonds. The van der Waals surface area contributed by atoms with Crippen molar-refractivity contribution in [3.05, 3.63) is 84.1 Å². The molecule has 1 N–H and O–H groups in total. The van der Waals surface area contributed by atoms with Crippen LogP contribution in [0.1, 0.15) is 61.0 Å². The Hall–Kier alpha value is -3.60. The van der Waals surface area contributed by atoms with Gasteiger partial charge in [-0.3, -0.25) is 9.48 Å². The van der Waals surface area contributed by atoms with E-state index in [0.29, 0.717) is 17.0 Å². The lowest BCUT2D eigenvalue weighted by molar-refractivity contribution is -0.000604. The van der Waals surface area contributed by atoms with Gasteiger partial charge in [0.2, 0.25) is 0 Å². The van der Waals surface area contributed by atoms with Gasteiger partial charge in [0, 0.05) is 11.4 Å². The van der Waals surface area contributed by atoms with E-state index in [9.17, 15) is 4.79 Å². The highest BCUT2D eigenvalue weighted by molar-refractivity contribution is 6.05. The van der Waals surface area contributed by atoms with Gasteiger partial charge in [0.15, 0.2) is 0 Å². The summed E-state index contributed by atoms with van der Waals surface area (Å²) < 4.78 is 7.35. The molecule has 35 heavy (non-hydrogen) atoms. The number of methoxy groups -OCH3 is 1. The zero-order chi connectivity index (χ0) is 24.0. The van der Waals surface area contributed by atoms with Gasteiger partial charge in [-0.2, -0.15) is 5.10 Å². The molecule has 0 aliphatic heterocycles. The predicted molar refractivity (Wildman–Crippen MR) is 139 cm³/mol. The van der Waals surface area contributed by atoms with Crippen LogP contribution in [-0.2, 0) is 0 Å². The van der Waals surface area contributed by atoms with Gasteiger partial charge < -0.3 is 10.1 Å². The molecule has 2 fully saturated rings. The molecule has 1 heterocycles. The number of hydrogen-bond acceptors (Lipinski definition) is 3. The van der Waals surface area contributed by atoms with Crippen LogP contribution in [0, 0.1) is 5.41 Å². The van der Waals surface area contributed by atoms with Gasteiger partial charge in [0.25, 0.3) is 5.91 Å². The third kappa shape index (κ3) is 3.89. The normalized spacial score (nSPS) is 17.5. The van der Waals surface area contributed by atoms with Crippen LogP contribution in [-0.4, -0.2) is 28.8 Å². The first kappa shape index (κ1) is 21.9. The van der Waals surface area contributed by atoms with Crippen LogP contribution in [0.4, 0.5) is 0 Å². The Kier molecular flexibility index (Phi) is 5.36. The fourth-order valence-corrected chi connectivity index (χ4v) is 5.91. The van der Waals surface area contributed by atoms with E-state index in [-0.39, 0.29) is 11.9 Å². The van der Waals surface area contributed by atoms with Gasteiger partial charge >= 0.3 is 0 Å². The highest BCUT2D eigenvalue weighted by Crippen LogP contribution is 2.55. The Labute approximate surface area is 206 Å². The second-order valence-corrected chi connectivity index (χ2v) is 10.3. The average Bonchev–Trinajstić information content (AvgIpc) is 3.28. The number of fused-ring (bicyclic) bond motifs is 1. The molecule has 0 saturated heterocycles. The summed E-state index contributed by atoms with van der Waals surface area (Å²) in [6.45, 7) is 2.13. The molecule has 178 valence electrons. The van der Waals surface area contributed by atoms with Gasteiger partial charge in [0.05, 0.1) is 30.4 Å². The minimum atomic E-state index is -0.0113. The summed E-state index contributed by atoms with van der Waals surface area (Å²) in [5.74, 6) is 0.857. The molecule has 5 nitrogen and oxygen atoms in total. The summed E-state index contributed by atoms with van der Waals surface area (Å²) >= 11 is 0. The van der Waals surface area contributed by atoms with Crippen molar-refractivity contribution in [2.75, 3.05) is 7.11 Å². The maximum absolute atomic E-state index is 13.3. The van der Waals surface area contributed by atoms with Crippen LogP contribution in [0.2, 0.25) is 0 Å². The van der Waals surface area contributed by atoms with Crippen molar-refractivity contribution in [3.8, 4) is 16.9 Å². The van der Waals surface area contributed by atoms with E-state index in [4.69, 9.17) is 9.84 Å². The molecule has 3 aromatic carbocycles. The summed E-state index contributed by atoms with van der Waals surface area (Å²) in [5.41, 5.74) is 5.53. The van der Waals surface area contributed by atoms with Crippen LogP contribution in [0.5, 0.6) is 5.75 Å². The number of ether oxygens (including phenoxy) is 1. The molecule has 1 spiro atoms. The van der Waals surface area contributed by atoms with Crippen molar-refractivity contribution in [2.45, 2.75) is 51.1 Å². The highest BCUT2D eigenvalue weighted by atomic mass is 16.5. The molecule has 4 aromatic rings. The predicted octanol–water partition coefficient (Wildman–Crippen LogP) is 6.38. The number of nitrogens with zero attached hydrogens (tertiary/aromatic N) is 2. The first-order chi connectivity index (χ1) is 17.0. The Balaban J connectivity index is 1.25. The highest BCUT2D eigenvalue weighted by Gasteiger charge is 2.48. The zero-order valence-corrected chi connectivity index (χ0v) is 20.3. The summed E-state index contributed by atoms with van der Waals surface area (Å²) in [4.78, 5) is 13.3. The van der Waals surface area contributed by atoms with Gasteiger partial charge in [-0.05, 0) is 72.9 Å². The molecule has 6 rings (SSSR count). The first-order valence-electron chi connectivity index (χ1n) is 12.6. The topological polar surface area (TPSA) is 56.2 Å². The van der Waals surface area contributed by atoms with Gasteiger partial charge in [-0.15, -0.1) is 0 Å². The molecule has 1 atom stereocenters. The van der Waals surface area contributed by atoms with Crippen molar-refractivity contribution in [1.82, 2.24) is 15.1 Å². The lowest BCUT2D eigenvalue weighted by atomic mass is 9.54. The molecule has 5 heteroatoms. The van der Waals surface area contributed by atoms with E-state index in [0.717, 1.165) is 46.2 Å². The summed E-state index contributed by atoms with van der Waals surface area (Å²) in [7, 11) is 1.68. The standard InChI is InChI=1S/C30H31N3O2/c1-20(21-10-12-22(13-11-21)23-6-3-8-26(16-23)35-2)33-28-24(19-31-33)7-4-9-27(28)29(34)32-25-17-30(18-25)14-5-15-30/h3-4,6-13,16,19-20,25H,5,14-15,17-18H2,1-2H3,(H,32,34)/t20-/m1/s1. The molecule has 0 radical (unpaired) electrons. The van der Waals surface area contributed by atoms with Crippen LogP contribution in [0.25, 0.3) is 22.0 Å². The molecule has 0 unspecified atom stereocenters. The number of amides is 1. The summed E-state index contributed by atoms with van der Waals surface area (Å²) in [5, 5.41) is 8.97. The van der Waals surface area contributed by atoms with Crippen molar-refractivity contribution in [2.24, 2.45) is 5.41 Å². The van der Waals surface area contributed by atoms with E-state index in [1.54, 1.807) is 7.11 Å². The Bertz CT molecular complexity index is 1380. The fraction of sp³-hybridized carbons (Fsp3) is 0.333. The van der Waals surface area contributed by atoms with E-state index >= 15 is 0 Å². The van der Waals surface area contributed by atoms with E-state index in [2.05, 4.69) is 42.6 Å². The molecule has 2 saturated carbocycles. The second kappa shape index (κ2) is 8.56. The van der Waals surface area contributed by atoms with Crippen LogP contribution < -0.4 is 10.1 Å². The van der Waals surface area contributed by atoms with Crippen molar-refractivity contribution < 1.29 is 9.53 Å². The van der Waals surface area contributed by atoms with Crippen molar-refractivity contribution in [3.63, 3.8) is 0 Å². The SMILES string of the molecule is COc1cccc(-c2ccc([C@@H](C)n3ncc4cccc(C(=O)NC5CC6(CCC6)C5)c43)cc2)c1. The number of carbonyl (C=O) groups excluding carboxylic acids is 1. The molecule has 1 aromatic heterocycles. The van der Waals surface area contributed by atoms with Crippen LogP contribution >= 0.6 is 0 Å². The van der Waals surface area contributed by atoms with Gasteiger partial charge in [0.1, 0.15) is 5.75 Å². The number of para-hydroxylation sites is 1. The number of nitrogens with one attached hydrogen (secondary N) is 1. The third-order valence-electron chi connectivity index (χ3n) is 8.13. The number of benzene rings is 3. The summed E-state index contributed by atoms with van der Waals surface area (Å²) in [6.07, 6.45) is 8.12. The van der Waals surface area contributed by atoms with E-state index in [1.807, 2.05) is 47.3 Å². The first-order valence-corrected chi connectivity index (χ1v) is 12.6. The third-order valence-corrected chi connectivity index (χ3v) is 8.13. The molecular weight excluding hydrogens is 434 g/mol. The average molecular weight is 466 g/mol. The lowest BCUT2D eigenvalue weighted by Gasteiger charge is -2.54. The number of aromatic nitrogens is 2. The Morgan fingerprint density at radius 2 is 1.83 bits per heavy atom. The lowest BCUT2D eigenvalue weighted by Crippen LogP contribution is -2.53. The fourth-order valence-electron chi connectivity index (χ4n) is 5.91. The molecule has 0 bridgehead atoms. The Morgan fingerprint density at radius 3 is 2.54 bits per heavy atom. The minimum Gasteiger partial charge on any atom is -0.497 e. The maximum atomic E-state index is 13.3. The van der Waals surface area contributed by atoms with Crippen LogP contribution in [0.15, 0.2) is 72.9 Å². The monoisotopic (exact) mass is 465 g/mol. The zero-order valence-electron chi connectivity index (χ0n) is 20.3. The van der Waals surface area contributed by atoms with Crippen LogP contribution in [0.3, 0.4) is 0 Å². The second-order valence-electron chi connectivity index (χ2n) is 10.3. The molecule has 2 aliphatic rings. The largest absolute Gasteiger partial charge is 0.497 e. The molecular formula is C30H31N3O2. The van der Waals surface area contributed by atoms with Gasteiger partial charge in [-0.1, -0.05) is 55.0 Å². The number of carbonyl (C=O) groups is 1. The summed E-state index contributed by atoms with van der Waals surface area (Å²) in [6, 6.07) is 22.8. The molecule has 2 aliphatic carbocycles. The minimum absolute atomic E-state index is 0.0112. The maximum Gasteiger partial charge on any atom is 0.253 e.